The summed E-state index contributed by atoms with van der Waals surface area (Å²) in [4.78, 5) is 17.8. The Balaban J connectivity index is 1.74. The third-order valence-electron chi connectivity index (χ3n) is 5.28. The molecule has 6 nitrogen and oxygen atoms in total. The first-order chi connectivity index (χ1) is 12.3. The van der Waals surface area contributed by atoms with E-state index in [0.29, 0.717) is 29.4 Å². The summed E-state index contributed by atoms with van der Waals surface area (Å²) >= 11 is 8.72. The van der Waals surface area contributed by atoms with Gasteiger partial charge in [0.05, 0.1) is 18.8 Å². The molecule has 26 heavy (non-hydrogen) atoms. The van der Waals surface area contributed by atoms with Gasteiger partial charge < -0.3 is 20.3 Å². The molecule has 3 unspecified atom stereocenters. The van der Waals surface area contributed by atoms with Crippen LogP contribution in [-0.2, 0) is 11.2 Å². The third kappa shape index (κ3) is 2.57. The molecule has 1 aromatic carbocycles. The highest BCUT2D eigenvalue weighted by Crippen LogP contribution is 2.47. The second-order valence-electron chi connectivity index (χ2n) is 6.84. The van der Waals surface area contributed by atoms with Crippen molar-refractivity contribution in [1.82, 2.24) is 0 Å². The van der Waals surface area contributed by atoms with E-state index in [1.165, 1.54) is 0 Å². The van der Waals surface area contributed by atoms with Gasteiger partial charge in [-0.3, -0.25) is 4.79 Å². The number of fused-ring (bicyclic) bond motifs is 3. The smallest absolute Gasteiger partial charge is 0.326 e. The zero-order valence-electron chi connectivity index (χ0n) is 13.8. The number of carbonyl (C=O) groups is 1. The lowest BCUT2D eigenvalue weighted by Crippen LogP contribution is -3.11. The predicted molar refractivity (Wildman–Crippen MR) is 104 cm³/mol. The highest BCUT2D eigenvalue weighted by Gasteiger charge is 2.50. The van der Waals surface area contributed by atoms with Gasteiger partial charge in [-0.2, -0.15) is 12.6 Å². The molecular weight excluding hydrogens is 377 g/mol. The molecule has 0 bridgehead atoms. The van der Waals surface area contributed by atoms with Crippen molar-refractivity contribution in [3.63, 3.8) is 0 Å². The molecule has 1 fully saturated rings. The Bertz CT molecular complexity index is 860. The molecule has 4 rings (SSSR count). The highest BCUT2D eigenvalue weighted by molar-refractivity contribution is 7.85. The second kappa shape index (κ2) is 6.26. The number of anilines is 1. The molecule has 0 amide bonds. The van der Waals surface area contributed by atoms with Crippen LogP contribution in [0.15, 0.2) is 28.2 Å². The summed E-state index contributed by atoms with van der Waals surface area (Å²) in [7, 11) is 0. The fraction of sp³-hybridized carbons (Fsp3) is 0.412. The van der Waals surface area contributed by atoms with Gasteiger partial charge >= 0.3 is 5.97 Å². The van der Waals surface area contributed by atoms with E-state index >= 15 is 0 Å². The Kier molecular flexibility index (Phi) is 4.30. The van der Waals surface area contributed by atoms with Crippen LogP contribution in [-0.4, -0.2) is 53.9 Å². The fourth-order valence-electron chi connectivity index (χ4n) is 3.86. The van der Waals surface area contributed by atoms with Gasteiger partial charge in [0.1, 0.15) is 24.3 Å². The van der Waals surface area contributed by atoms with Crippen molar-refractivity contribution in [2.75, 3.05) is 31.2 Å². The van der Waals surface area contributed by atoms with Gasteiger partial charge in [0.15, 0.2) is 4.75 Å². The summed E-state index contributed by atoms with van der Waals surface area (Å²) in [5.74, 6) is -1.04. The van der Waals surface area contributed by atoms with Crippen LogP contribution in [0.25, 0.3) is 5.57 Å². The predicted octanol–water partition coefficient (Wildman–Crippen LogP) is 0.590. The van der Waals surface area contributed by atoms with E-state index in [4.69, 9.17) is 0 Å². The van der Waals surface area contributed by atoms with Crippen LogP contribution in [0.3, 0.4) is 0 Å². The average molecular weight is 395 g/mol. The van der Waals surface area contributed by atoms with Gasteiger partial charge in [-0.1, -0.05) is 6.07 Å². The van der Waals surface area contributed by atoms with Crippen molar-refractivity contribution in [2.45, 2.75) is 17.2 Å². The molecule has 3 aliphatic rings. The standard InChI is InChI=1S/C17H18FN3O3S2/c18-7-11-8-20(24)3-4-21(11)10-2-1-9-6-17(26,16(22)23)14-13(12(9)5-10)15(25)19-14/h1-2,5,11,20,26H,3-4,6-8H2,(H,19,25)(H,22,23). The highest BCUT2D eigenvalue weighted by atomic mass is 32.1. The number of aliphatic imine (C=N–C) groups is 1. The molecule has 0 radical (unpaired) electrons. The first-order valence-corrected chi connectivity index (χ1v) is 9.20. The van der Waals surface area contributed by atoms with Crippen LogP contribution in [0.1, 0.15) is 11.1 Å². The fourth-order valence-corrected chi connectivity index (χ4v) is 4.52. The number of thiol groups is 2. The Morgan fingerprint density at radius 2 is 2.31 bits per heavy atom. The summed E-state index contributed by atoms with van der Waals surface area (Å²) in [6.45, 7) is 0.500. The molecule has 3 atom stereocenters. The van der Waals surface area contributed by atoms with Crippen molar-refractivity contribution in [1.29, 1.82) is 0 Å². The van der Waals surface area contributed by atoms with E-state index < -0.39 is 23.4 Å². The zero-order valence-corrected chi connectivity index (χ0v) is 15.6. The molecule has 1 aromatic rings. The molecule has 2 N–H and O–H groups in total. The van der Waals surface area contributed by atoms with E-state index in [1.807, 2.05) is 23.1 Å². The number of piperazine rings is 1. The van der Waals surface area contributed by atoms with Crippen molar-refractivity contribution in [3.05, 3.63) is 39.6 Å². The lowest BCUT2D eigenvalue weighted by molar-refractivity contribution is -0.851. The number of carboxylic acids is 1. The van der Waals surface area contributed by atoms with Crippen molar-refractivity contribution >= 4 is 48.2 Å². The average Bonchev–Trinajstić information content (AvgIpc) is 2.60. The normalized spacial score (nSPS) is 30.3. The largest absolute Gasteiger partial charge is 0.634 e. The number of halogens is 1. The summed E-state index contributed by atoms with van der Waals surface area (Å²) in [5.41, 5.74) is 3.63. The molecule has 0 spiro atoms. The quantitative estimate of drug-likeness (QED) is 0.446. The maximum atomic E-state index is 13.4. The Labute approximate surface area is 160 Å². The minimum atomic E-state index is -1.37. The van der Waals surface area contributed by atoms with Crippen molar-refractivity contribution in [2.24, 2.45) is 4.99 Å². The molecule has 9 heteroatoms. The van der Waals surface area contributed by atoms with Gasteiger partial charge in [0, 0.05) is 17.7 Å². The van der Waals surface area contributed by atoms with E-state index in [2.05, 4.69) is 30.2 Å². The summed E-state index contributed by atoms with van der Waals surface area (Å²) in [6.07, 6.45) is 0.218. The van der Waals surface area contributed by atoms with Crippen LogP contribution in [0.5, 0.6) is 0 Å². The number of nitrogens with one attached hydrogen (secondary N) is 1. The lowest BCUT2D eigenvalue weighted by atomic mass is 9.76. The number of rotatable bonds is 3. The van der Waals surface area contributed by atoms with Gasteiger partial charge in [-0.25, -0.2) is 9.38 Å². The molecule has 0 saturated carbocycles. The zero-order chi connectivity index (χ0) is 18.6. The monoisotopic (exact) mass is 395 g/mol. The van der Waals surface area contributed by atoms with Gasteiger partial charge in [0.25, 0.3) is 0 Å². The van der Waals surface area contributed by atoms with Gasteiger partial charge in [-0.05, 0) is 23.3 Å². The third-order valence-corrected chi connectivity index (χ3v) is 6.16. The van der Waals surface area contributed by atoms with E-state index in [1.54, 1.807) is 0 Å². The molecule has 0 aromatic heterocycles. The number of benzene rings is 1. The number of hydrogen-bond donors (Lipinski definition) is 4. The van der Waals surface area contributed by atoms with Crippen molar-refractivity contribution in [3.8, 4) is 0 Å². The maximum absolute atomic E-state index is 13.4. The molecule has 2 heterocycles. The summed E-state index contributed by atoms with van der Waals surface area (Å²) < 4.78 is 12.1. The van der Waals surface area contributed by atoms with Crippen LogP contribution < -0.4 is 9.96 Å². The van der Waals surface area contributed by atoms with E-state index in [9.17, 15) is 19.5 Å². The number of nitrogens with zero attached hydrogens (tertiary/aromatic N) is 2. The molecule has 2 aliphatic heterocycles. The number of aliphatic carboxylic acids is 1. The number of quaternary nitrogens is 1. The number of alkyl halides is 1. The lowest BCUT2D eigenvalue weighted by Gasteiger charge is -2.42. The van der Waals surface area contributed by atoms with E-state index in [-0.39, 0.29) is 18.0 Å². The minimum absolute atomic E-state index is 0.0805. The van der Waals surface area contributed by atoms with Gasteiger partial charge in [0.2, 0.25) is 0 Å². The topological polar surface area (TPSA) is 80.4 Å². The molecular formula is C17H18FN3O3S2. The van der Waals surface area contributed by atoms with E-state index in [0.717, 1.165) is 16.8 Å². The second-order valence-corrected chi connectivity index (χ2v) is 8.02. The Hall–Kier alpha value is -1.55. The minimum Gasteiger partial charge on any atom is -0.634 e. The molecule has 1 saturated heterocycles. The van der Waals surface area contributed by atoms with Crippen LogP contribution >= 0.6 is 25.3 Å². The number of hydrogen-bond acceptors (Lipinski definition) is 6. The molecule has 1 aliphatic carbocycles. The number of carboxylic acid groups (broad SMARTS) is 1. The van der Waals surface area contributed by atoms with Crippen molar-refractivity contribution < 1.29 is 19.4 Å². The Morgan fingerprint density at radius 1 is 1.54 bits per heavy atom. The first kappa shape index (κ1) is 17.8. The SMILES string of the molecule is O=C(O)C1(S)Cc2ccc(N3CC[NH+]([O-])CC3CF)cc2C2=C(S)N=C21. The first-order valence-electron chi connectivity index (χ1n) is 8.31. The van der Waals surface area contributed by atoms with Crippen LogP contribution in [0.2, 0.25) is 0 Å². The summed E-state index contributed by atoms with van der Waals surface area (Å²) in [5, 5.41) is 21.8. The number of allylic oxidation sites excluding steroid dienone is 1. The van der Waals surface area contributed by atoms with Gasteiger partial charge in [-0.15, -0.1) is 12.6 Å². The van der Waals surface area contributed by atoms with Crippen LogP contribution in [0.4, 0.5) is 10.1 Å². The Morgan fingerprint density at radius 3 is 2.96 bits per heavy atom. The maximum Gasteiger partial charge on any atom is 0.326 e. The number of hydroxylamine groups is 2. The molecule has 138 valence electrons. The summed E-state index contributed by atoms with van der Waals surface area (Å²) in [6, 6.07) is 5.17. The van der Waals surface area contributed by atoms with Crippen LogP contribution in [0, 0.1) is 5.21 Å².